The lowest BCUT2D eigenvalue weighted by molar-refractivity contribution is 0.0240. The van der Waals surface area contributed by atoms with Crippen molar-refractivity contribution in [2.24, 2.45) is 0 Å². The van der Waals surface area contributed by atoms with Crippen LogP contribution in [0.15, 0.2) is 36.4 Å². The molecule has 3 aliphatic rings. The van der Waals surface area contributed by atoms with Crippen molar-refractivity contribution < 1.29 is 38.6 Å². The first-order valence-electron chi connectivity index (χ1n) is 11.5. The van der Waals surface area contributed by atoms with Gasteiger partial charge >= 0.3 is 0 Å². The highest BCUT2D eigenvalue weighted by molar-refractivity contribution is 5.47. The Morgan fingerprint density at radius 1 is 0.647 bits per heavy atom. The standard InChI is InChI=1S/C24H30N2O8/c27-17(13-29-19-1-3-21-23(9-19)33-15-31-21)11-25-5-7-26(8-6-25)12-18(28)14-30-20-2-4-22-24(10-20)34-16-32-22/h1-4,9-10,17-18,27-28H,5-8,11-16H2/t17-,18-/m1/s1. The summed E-state index contributed by atoms with van der Waals surface area (Å²) < 4.78 is 32.7. The molecule has 184 valence electrons. The maximum atomic E-state index is 10.4. The summed E-state index contributed by atoms with van der Waals surface area (Å²) in [5.41, 5.74) is 0. The predicted molar refractivity (Wildman–Crippen MR) is 121 cm³/mol. The van der Waals surface area contributed by atoms with Crippen LogP contribution in [0.5, 0.6) is 34.5 Å². The molecule has 0 saturated carbocycles. The van der Waals surface area contributed by atoms with Crippen LogP contribution in [0.2, 0.25) is 0 Å². The first kappa shape index (κ1) is 22.9. The van der Waals surface area contributed by atoms with Crippen LogP contribution in [0.4, 0.5) is 0 Å². The normalized spacial score (nSPS) is 19.1. The topological polar surface area (TPSA) is 102 Å². The molecule has 34 heavy (non-hydrogen) atoms. The summed E-state index contributed by atoms with van der Waals surface area (Å²) in [7, 11) is 0. The molecule has 0 radical (unpaired) electrons. The molecule has 0 bridgehead atoms. The molecule has 0 aromatic heterocycles. The van der Waals surface area contributed by atoms with Crippen LogP contribution < -0.4 is 28.4 Å². The Labute approximate surface area is 198 Å². The fraction of sp³-hybridized carbons (Fsp3) is 0.500. The van der Waals surface area contributed by atoms with Gasteiger partial charge in [-0.2, -0.15) is 0 Å². The summed E-state index contributed by atoms with van der Waals surface area (Å²) in [4.78, 5) is 4.42. The first-order chi connectivity index (χ1) is 16.6. The zero-order valence-corrected chi connectivity index (χ0v) is 18.9. The molecule has 10 heteroatoms. The largest absolute Gasteiger partial charge is 0.491 e. The number of ether oxygens (including phenoxy) is 6. The smallest absolute Gasteiger partial charge is 0.231 e. The third-order valence-corrected chi connectivity index (χ3v) is 5.98. The van der Waals surface area contributed by atoms with Crippen molar-refractivity contribution in [3.05, 3.63) is 36.4 Å². The second-order valence-corrected chi connectivity index (χ2v) is 8.56. The molecule has 2 atom stereocenters. The van der Waals surface area contributed by atoms with Gasteiger partial charge in [0.15, 0.2) is 23.0 Å². The zero-order valence-electron chi connectivity index (χ0n) is 18.9. The minimum absolute atomic E-state index is 0.204. The zero-order chi connectivity index (χ0) is 23.3. The van der Waals surface area contributed by atoms with E-state index in [1.54, 1.807) is 36.4 Å². The Bertz CT molecular complexity index is 888. The van der Waals surface area contributed by atoms with Gasteiger partial charge in [0.2, 0.25) is 13.6 Å². The lowest BCUT2D eigenvalue weighted by Gasteiger charge is -2.36. The second kappa shape index (κ2) is 10.6. The highest BCUT2D eigenvalue weighted by Gasteiger charge is 2.22. The molecule has 0 spiro atoms. The van der Waals surface area contributed by atoms with Crippen LogP contribution >= 0.6 is 0 Å². The molecule has 2 N–H and O–H groups in total. The Morgan fingerprint density at radius 3 is 1.50 bits per heavy atom. The van der Waals surface area contributed by atoms with E-state index in [1.165, 1.54) is 0 Å². The van der Waals surface area contributed by atoms with Gasteiger partial charge in [-0.1, -0.05) is 0 Å². The maximum Gasteiger partial charge on any atom is 0.231 e. The van der Waals surface area contributed by atoms with E-state index in [1.807, 2.05) is 0 Å². The number of β-amino-alcohol motifs (C(OH)–C–C–N with tert-alkyl or cyclic N) is 2. The van der Waals surface area contributed by atoms with E-state index in [0.29, 0.717) is 47.6 Å². The van der Waals surface area contributed by atoms with E-state index in [0.717, 1.165) is 26.2 Å². The molecule has 1 saturated heterocycles. The second-order valence-electron chi connectivity index (χ2n) is 8.56. The first-order valence-corrected chi connectivity index (χ1v) is 11.5. The number of piperazine rings is 1. The molecular weight excluding hydrogens is 444 g/mol. The summed E-state index contributed by atoms with van der Waals surface area (Å²) >= 11 is 0. The molecule has 0 aliphatic carbocycles. The molecule has 3 aliphatic heterocycles. The summed E-state index contributed by atoms with van der Waals surface area (Å²) in [5.74, 6) is 4.01. The summed E-state index contributed by atoms with van der Waals surface area (Å²) in [6, 6.07) is 10.8. The van der Waals surface area contributed by atoms with Crippen molar-refractivity contribution in [1.29, 1.82) is 0 Å². The van der Waals surface area contributed by atoms with Gasteiger partial charge in [0.1, 0.15) is 36.9 Å². The summed E-state index contributed by atoms with van der Waals surface area (Å²) in [6.45, 7) is 5.18. The number of aliphatic hydroxyl groups excluding tert-OH is 2. The van der Waals surface area contributed by atoms with Crippen molar-refractivity contribution in [2.45, 2.75) is 12.2 Å². The average Bonchev–Trinajstić information content (AvgIpc) is 3.51. The Morgan fingerprint density at radius 2 is 1.06 bits per heavy atom. The molecule has 2 aromatic carbocycles. The fourth-order valence-electron chi connectivity index (χ4n) is 4.17. The SMILES string of the molecule is O[C@@H](COc1ccc2c(c1)OCO2)CN1CCN(C[C@@H](O)COc2ccc3c(c2)OCO3)CC1. The van der Waals surface area contributed by atoms with Crippen LogP contribution in [0, 0.1) is 0 Å². The quantitative estimate of drug-likeness (QED) is 0.517. The monoisotopic (exact) mass is 474 g/mol. The summed E-state index contributed by atoms with van der Waals surface area (Å²) in [5, 5.41) is 20.8. The number of rotatable bonds is 10. The van der Waals surface area contributed by atoms with E-state index in [2.05, 4.69) is 9.80 Å². The predicted octanol–water partition coefficient (Wildman–Crippen LogP) is 0.941. The van der Waals surface area contributed by atoms with Crippen molar-refractivity contribution >= 4 is 0 Å². The van der Waals surface area contributed by atoms with E-state index in [9.17, 15) is 10.2 Å². The van der Waals surface area contributed by atoms with Gasteiger partial charge in [-0.25, -0.2) is 0 Å². The number of nitrogens with zero attached hydrogens (tertiary/aromatic N) is 2. The number of benzene rings is 2. The van der Waals surface area contributed by atoms with Gasteiger partial charge in [0, 0.05) is 51.4 Å². The van der Waals surface area contributed by atoms with Crippen molar-refractivity contribution in [2.75, 3.05) is 66.1 Å². The number of hydrogen-bond acceptors (Lipinski definition) is 10. The lowest BCUT2D eigenvalue weighted by atomic mass is 10.2. The number of aliphatic hydroxyl groups is 2. The Kier molecular flexibility index (Phi) is 7.10. The maximum absolute atomic E-state index is 10.4. The van der Waals surface area contributed by atoms with Crippen LogP contribution in [-0.2, 0) is 0 Å². The summed E-state index contributed by atoms with van der Waals surface area (Å²) in [6.07, 6.45) is -1.20. The van der Waals surface area contributed by atoms with E-state index in [4.69, 9.17) is 28.4 Å². The van der Waals surface area contributed by atoms with E-state index < -0.39 is 12.2 Å². The van der Waals surface area contributed by atoms with Crippen molar-refractivity contribution in [3.8, 4) is 34.5 Å². The molecule has 5 rings (SSSR count). The van der Waals surface area contributed by atoms with Gasteiger partial charge < -0.3 is 38.6 Å². The fourth-order valence-corrected chi connectivity index (χ4v) is 4.17. The van der Waals surface area contributed by atoms with Gasteiger partial charge in [-0.05, 0) is 24.3 Å². The van der Waals surface area contributed by atoms with Crippen LogP contribution in [0.1, 0.15) is 0 Å². The third kappa shape index (κ3) is 5.76. The van der Waals surface area contributed by atoms with Crippen LogP contribution in [-0.4, -0.2) is 98.3 Å². The van der Waals surface area contributed by atoms with Gasteiger partial charge in [-0.15, -0.1) is 0 Å². The van der Waals surface area contributed by atoms with Gasteiger partial charge in [0.05, 0.1) is 0 Å². The van der Waals surface area contributed by atoms with Crippen LogP contribution in [0.25, 0.3) is 0 Å². The van der Waals surface area contributed by atoms with Crippen molar-refractivity contribution in [3.63, 3.8) is 0 Å². The molecule has 0 unspecified atom stereocenters. The molecule has 0 amide bonds. The van der Waals surface area contributed by atoms with E-state index >= 15 is 0 Å². The molecule has 10 nitrogen and oxygen atoms in total. The Balaban J connectivity index is 0.977. The van der Waals surface area contributed by atoms with Crippen LogP contribution in [0.3, 0.4) is 0 Å². The molecule has 2 aromatic rings. The van der Waals surface area contributed by atoms with Gasteiger partial charge in [0.25, 0.3) is 0 Å². The third-order valence-electron chi connectivity index (χ3n) is 5.98. The Hall–Kier alpha value is -2.92. The molecular formula is C24H30N2O8. The molecule has 1 fully saturated rings. The number of hydrogen-bond donors (Lipinski definition) is 2. The average molecular weight is 475 g/mol. The minimum atomic E-state index is -0.599. The minimum Gasteiger partial charge on any atom is -0.491 e. The van der Waals surface area contributed by atoms with Crippen molar-refractivity contribution in [1.82, 2.24) is 9.80 Å². The highest BCUT2D eigenvalue weighted by Crippen LogP contribution is 2.36. The highest BCUT2D eigenvalue weighted by atomic mass is 16.7. The van der Waals surface area contributed by atoms with Gasteiger partial charge in [-0.3, -0.25) is 9.80 Å². The number of fused-ring (bicyclic) bond motifs is 2. The lowest BCUT2D eigenvalue weighted by Crippen LogP contribution is -2.51. The molecule has 3 heterocycles. The van der Waals surface area contributed by atoms with E-state index in [-0.39, 0.29) is 26.8 Å².